The SMILES string of the molecule is CCC(NC(=O)C1(C#N)CCOCC1)C1CCCCC1. The van der Waals surface area contributed by atoms with Gasteiger partial charge in [0.05, 0.1) is 6.07 Å². The van der Waals surface area contributed by atoms with E-state index in [9.17, 15) is 10.1 Å². The lowest BCUT2D eigenvalue weighted by atomic mass is 9.79. The van der Waals surface area contributed by atoms with Gasteiger partial charge in [0.15, 0.2) is 0 Å². The van der Waals surface area contributed by atoms with Gasteiger partial charge in [0, 0.05) is 19.3 Å². The van der Waals surface area contributed by atoms with E-state index in [0.717, 1.165) is 6.42 Å². The number of rotatable bonds is 4. The number of hydrogen-bond acceptors (Lipinski definition) is 3. The molecule has 1 unspecified atom stereocenters. The van der Waals surface area contributed by atoms with E-state index in [1.54, 1.807) is 0 Å². The van der Waals surface area contributed by atoms with Crippen LogP contribution in [0.5, 0.6) is 0 Å². The van der Waals surface area contributed by atoms with Crippen molar-refractivity contribution in [3.8, 4) is 6.07 Å². The molecule has 0 bridgehead atoms. The second kappa shape index (κ2) is 7.08. The highest BCUT2D eigenvalue weighted by Gasteiger charge is 2.41. The Labute approximate surface area is 121 Å². The number of carbonyl (C=O) groups excluding carboxylic acids is 1. The standard InChI is InChI=1S/C16H26N2O2/c1-2-14(13-6-4-3-5-7-13)18-15(19)16(12-17)8-10-20-11-9-16/h13-14H,2-11H2,1H3,(H,18,19). The van der Waals surface area contributed by atoms with Gasteiger partial charge in [-0.1, -0.05) is 26.2 Å². The topological polar surface area (TPSA) is 62.1 Å². The van der Waals surface area contributed by atoms with Crippen molar-refractivity contribution in [2.45, 2.75) is 64.3 Å². The van der Waals surface area contributed by atoms with Crippen LogP contribution in [0.2, 0.25) is 0 Å². The Morgan fingerprint density at radius 2 is 2.00 bits per heavy atom. The first-order chi connectivity index (χ1) is 9.72. The molecule has 1 heterocycles. The Morgan fingerprint density at radius 1 is 1.35 bits per heavy atom. The lowest BCUT2D eigenvalue weighted by Crippen LogP contribution is -2.49. The van der Waals surface area contributed by atoms with Gasteiger partial charge in [-0.25, -0.2) is 0 Å². The van der Waals surface area contributed by atoms with E-state index < -0.39 is 5.41 Å². The van der Waals surface area contributed by atoms with Crippen LogP contribution in [0.3, 0.4) is 0 Å². The highest BCUT2D eigenvalue weighted by Crippen LogP contribution is 2.32. The van der Waals surface area contributed by atoms with Gasteiger partial charge in [0.25, 0.3) is 0 Å². The Bertz CT molecular complexity index is 363. The zero-order chi connectivity index (χ0) is 14.4. The number of nitrogens with zero attached hydrogens (tertiary/aromatic N) is 1. The fourth-order valence-electron chi connectivity index (χ4n) is 3.51. The van der Waals surface area contributed by atoms with Crippen molar-refractivity contribution in [2.75, 3.05) is 13.2 Å². The second-order valence-corrected chi connectivity index (χ2v) is 6.19. The molecule has 0 aromatic rings. The van der Waals surface area contributed by atoms with Gasteiger partial charge in [0.1, 0.15) is 5.41 Å². The maximum Gasteiger partial charge on any atom is 0.240 e. The molecule has 112 valence electrons. The van der Waals surface area contributed by atoms with Gasteiger partial charge < -0.3 is 10.1 Å². The summed E-state index contributed by atoms with van der Waals surface area (Å²) in [5.41, 5.74) is -0.861. The number of nitrogens with one attached hydrogen (secondary N) is 1. The fraction of sp³-hybridized carbons (Fsp3) is 0.875. The first-order valence-electron chi connectivity index (χ1n) is 8.02. The maximum atomic E-state index is 12.6. The number of amides is 1. The normalized spacial score (nSPS) is 24.6. The van der Waals surface area contributed by atoms with Crippen LogP contribution < -0.4 is 5.32 Å². The molecular formula is C16H26N2O2. The van der Waals surface area contributed by atoms with Crippen molar-refractivity contribution in [1.82, 2.24) is 5.32 Å². The van der Waals surface area contributed by atoms with E-state index in [1.165, 1.54) is 32.1 Å². The molecule has 2 rings (SSSR count). The summed E-state index contributed by atoms with van der Waals surface area (Å²) >= 11 is 0. The summed E-state index contributed by atoms with van der Waals surface area (Å²) in [4.78, 5) is 12.6. The van der Waals surface area contributed by atoms with Gasteiger partial charge in [-0.2, -0.15) is 5.26 Å². The summed E-state index contributed by atoms with van der Waals surface area (Å²) in [6.07, 6.45) is 8.28. The van der Waals surface area contributed by atoms with Crippen molar-refractivity contribution in [1.29, 1.82) is 5.26 Å². The molecular weight excluding hydrogens is 252 g/mol. The number of carbonyl (C=O) groups is 1. The average Bonchev–Trinajstić information content (AvgIpc) is 2.53. The predicted octanol–water partition coefficient (Wildman–Crippen LogP) is 2.78. The summed E-state index contributed by atoms with van der Waals surface area (Å²) in [7, 11) is 0. The highest BCUT2D eigenvalue weighted by atomic mass is 16.5. The minimum absolute atomic E-state index is 0.0688. The largest absolute Gasteiger partial charge is 0.381 e. The van der Waals surface area contributed by atoms with Gasteiger partial charge >= 0.3 is 0 Å². The Kier molecular flexibility index (Phi) is 5.42. The monoisotopic (exact) mass is 278 g/mol. The first kappa shape index (κ1) is 15.3. The molecule has 1 aliphatic carbocycles. The molecule has 0 aromatic carbocycles. The third-order valence-corrected chi connectivity index (χ3v) is 4.97. The van der Waals surface area contributed by atoms with Crippen LogP contribution in [0.25, 0.3) is 0 Å². The smallest absolute Gasteiger partial charge is 0.240 e. The summed E-state index contributed by atoms with van der Waals surface area (Å²) in [6, 6.07) is 2.49. The fourth-order valence-corrected chi connectivity index (χ4v) is 3.51. The number of ether oxygens (including phenoxy) is 1. The summed E-state index contributed by atoms with van der Waals surface area (Å²) < 4.78 is 5.29. The van der Waals surface area contributed by atoms with Crippen LogP contribution >= 0.6 is 0 Å². The van der Waals surface area contributed by atoms with Gasteiger partial charge in [-0.3, -0.25) is 4.79 Å². The second-order valence-electron chi connectivity index (χ2n) is 6.19. The molecule has 2 aliphatic rings. The van der Waals surface area contributed by atoms with Gasteiger partial charge in [0.2, 0.25) is 5.91 Å². The first-order valence-corrected chi connectivity index (χ1v) is 8.02. The van der Waals surface area contributed by atoms with Crippen LogP contribution in [0.15, 0.2) is 0 Å². The molecule has 2 fully saturated rings. The van der Waals surface area contributed by atoms with Gasteiger partial charge in [-0.15, -0.1) is 0 Å². The molecule has 0 radical (unpaired) electrons. The van der Waals surface area contributed by atoms with Crippen molar-refractivity contribution >= 4 is 5.91 Å². The summed E-state index contributed by atoms with van der Waals surface area (Å²) in [6.45, 7) is 3.16. The zero-order valence-corrected chi connectivity index (χ0v) is 12.5. The van der Waals surface area contributed by atoms with E-state index in [1.807, 2.05) is 0 Å². The van der Waals surface area contributed by atoms with E-state index >= 15 is 0 Å². The minimum atomic E-state index is -0.861. The zero-order valence-electron chi connectivity index (χ0n) is 12.5. The maximum absolute atomic E-state index is 12.6. The van der Waals surface area contributed by atoms with Crippen molar-refractivity contribution in [2.24, 2.45) is 11.3 Å². The molecule has 1 atom stereocenters. The van der Waals surface area contributed by atoms with Crippen LogP contribution in [0, 0.1) is 22.7 Å². The molecule has 1 N–H and O–H groups in total. The molecule has 20 heavy (non-hydrogen) atoms. The molecule has 0 aromatic heterocycles. The van der Waals surface area contributed by atoms with E-state index in [4.69, 9.17) is 4.74 Å². The third kappa shape index (κ3) is 3.32. The Morgan fingerprint density at radius 3 is 2.55 bits per heavy atom. The van der Waals surface area contributed by atoms with E-state index in [0.29, 0.717) is 32.0 Å². The Balaban J connectivity index is 1.98. The van der Waals surface area contributed by atoms with Crippen molar-refractivity contribution in [3.63, 3.8) is 0 Å². The quantitative estimate of drug-likeness (QED) is 0.860. The lowest BCUT2D eigenvalue weighted by molar-refractivity contribution is -0.133. The molecule has 4 heteroatoms. The highest BCUT2D eigenvalue weighted by molar-refractivity contribution is 5.85. The molecule has 1 saturated carbocycles. The number of nitriles is 1. The van der Waals surface area contributed by atoms with Crippen LogP contribution in [0.1, 0.15) is 58.3 Å². The average molecular weight is 278 g/mol. The van der Waals surface area contributed by atoms with E-state index in [-0.39, 0.29) is 11.9 Å². The minimum Gasteiger partial charge on any atom is -0.381 e. The third-order valence-electron chi connectivity index (χ3n) is 4.97. The summed E-state index contributed by atoms with van der Waals surface area (Å²) in [5.74, 6) is 0.522. The molecule has 1 aliphatic heterocycles. The molecule has 0 spiro atoms. The Hall–Kier alpha value is -1.08. The molecule has 1 amide bonds. The van der Waals surface area contributed by atoms with E-state index in [2.05, 4.69) is 18.3 Å². The van der Waals surface area contributed by atoms with Gasteiger partial charge in [-0.05, 0) is 38.0 Å². The number of hydrogen-bond donors (Lipinski definition) is 1. The van der Waals surface area contributed by atoms with Crippen molar-refractivity contribution in [3.05, 3.63) is 0 Å². The van der Waals surface area contributed by atoms with Crippen LogP contribution in [-0.2, 0) is 9.53 Å². The molecule has 1 saturated heterocycles. The lowest BCUT2D eigenvalue weighted by Gasteiger charge is -2.35. The molecule has 4 nitrogen and oxygen atoms in total. The summed E-state index contributed by atoms with van der Waals surface area (Å²) in [5, 5.41) is 12.6. The van der Waals surface area contributed by atoms with Crippen LogP contribution in [0.4, 0.5) is 0 Å². The van der Waals surface area contributed by atoms with Crippen molar-refractivity contribution < 1.29 is 9.53 Å². The van der Waals surface area contributed by atoms with Crippen LogP contribution in [-0.4, -0.2) is 25.2 Å². The predicted molar refractivity (Wildman–Crippen MR) is 76.9 cm³/mol.